The molecule has 1 atom stereocenters. The van der Waals surface area contributed by atoms with Gasteiger partial charge in [0.2, 0.25) is 0 Å². The Morgan fingerprint density at radius 3 is 3.04 bits per heavy atom. The van der Waals surface area contributed by atoms with Gasteiger partial charge in [0.05, 0.1) is 12.2 Å². The van der Waals surface area contributed by atoms with Gasteiger partial charge in [0.25, 0.3) is 5.91 Å². The van der Waals surface area contributed by atoms with E-state index in [1.54, 1.807) is 17.5 Å². The molecule has 3 aromatic rings. The first-order valence-electron chi connectivity index (χ1n) is 9.20. The zero-order chi connectivity index (χ0) is 17.8. The zero-order valence-electron chi connectivity index (χ0n) is 14.7. The molecule has 1 aliphatic heterocycles. The van der Waals surface area contributed by atoms with E-state index in [0.29, 0.717) is 6.54 Å². The summed E-state index contributed by atoms with van der Waals surface area (Å²) in [6, 6.07) is 14.3. The summed E-state index contributed by atoms with van der Waals surface area (Å²) in [6.45, 7) is 2.55. The van der Waals surface area contributed by atoms with Crippen LogP contribution in [0.4, 0.5) is 0 Å². The highest BCUT2D eigenvalue weighted by atomic mass is 32.1. The van der Waals surface area contributed by atoms with Gasteiger partial charge < -0.3 is 10.2 Å². The Morgan fingerprint density at radius 1 is 1.19 bits per heavy atom. The lowest BCUT2D eigenvalue weighted by atomic mass is 10.0. The summed E-state index contributed by atoms with van der Waals surface area (Å²) in [6.07, 6.45) is 4.91. The van der Waals surface area contributed by atoms with Crippen LogP contribution >= 0.6 is 11.3 Å². The molecule has 4 rings (SSSR count). The van der Waals surface area contributed by atoms with Crippen LogP contribution in [-0.4, -0.2) is 34.9 Å². The van der Waals surface area contributed by atoms with Crippen LogP contribution < -0.4 is 5.32 Å². The van der Waals surface area contributed by atoms with Crippen molar-refractivity contribution in [2.45, 2.75) is 31.8 Å². The van der Waals surface area contributed by atoms with Crippen LogP contribution in [0.25, 0.3) is 10.1 Å². The Balaban J connectivity index is 1.64. The van der Waals surface area contributed by atoms with Gasteiger partial charge in [0, 0.05) is 22.5 Å². The van der Waals surface area contributed by atoms with Crippen LogP contribution in [0.3, 0.4) is 0 Å². The van der Waals surface area contributed by atoms with Crippen molar-refractivity contribution in [2.75, 3.05) is 13.1 Å². The number of thiophene rings is 1. The minimum absolute atomic E-state index is 0.107. The van der Waals surface area contributed by atoms with E-state index in [-0.39, 0.29) is 11.9 Å². The zero-order valence-corrected chi connectivity index (χ0v) is 15.5. The van der Waals surface area contributed by atoms with Crippen molar-refractivity contribution in [1.82, 2.24) is 15.2 Å². The molecular formula is C21H23N3OS. The summed E-state index contributed by atoms with van der Waals surface area (Å²) in [5, 5.41) is 6.65. The molecule has 0 spiro atoms. The highest BCUT2D eigenvalue weighted by Gasteiger charge is 2.26. The number of nitrogens with zero attached hydrogens (tertiary/aromatic N) is 2. The molecule has 0 bridgehead atoms. The lowest BCUT2D eigenvalue weighted by Gasteiger charge is -2.31. The van der Waals surface area contributed by atoms with E-state index in [2.05, 4.69) is 27.8 Å². The van der Waals surface area contributed by atoms with Crippen LogP contribution in [0.5, 0.6) is 0 Å². The molecule has 1 aromatic carbocycles. The van der Waals surface area contributed by atoms with Gasteiger partial charge in [-0.25, -0.2) is 0 Å². The van der Waals surface area contributed by atoms with Crippen LogP contribution in [0.15, 0.2) is 54.0 Å². The van der Waals surface area contributed by atoms with Gasteiger partial charge in [-0.1, -0.05) is 6.07 Å². The van der Waals surface area contributed by atoms with Crippen molar-refractivity contribution in [3.05, 3.63) is 65.3 Å². The Hall–Kier alpha value is -2.24. The molecule has 134 valence electrons. The number of fused-ring (bicyclic) bond motifs is 1. The predicted octanol–water partition coefficient (Wildman–Crippen LogP) is 4.08. The topological polar surface area (TPSA) is 45.2 Å². The number of carbonyl (C=O) groups excluding carboxylic acids is 1. The third-order valence-electron chi connectivity index (χ3n) is 5.00. The highest BCUT2D eigenvalue weighted by Crippen LogP contribution is 2.24. The predicted molar refractivity (Wildman–Crippen MR) is 106 cm³/mol. The first kappa shape index (κ1) is 17.2. The second-order valence-corrected chi connectivity index (χ2v) is 7.71. The number of hydrogen-bond acceptors (Lipinski definition) is 4. The summed E-state index contributed by atoms with van der Waals surface area (Å²) in [5.74, 6) is 0.107. The lowest BCUT2D eigenvalue weighted by Crippen LogP contribution is -2.40. The minimum Gasteiger partial charge on any atom is -0.330 e. The molecule has 3 heterocycles. The quantitative estimate of drug-likeness (QED) is 0.758. The molecule has 1 unspecified atom stereocenters. The molecule has 1 saturated heterocycles. The molecular weight excluding hydrogens is 342 g/mol. The Morgan fingerprint density at radius 2 is 2.15 bits per heavy atom. The third kappa shape index (κ3) is 3.79. The smallest absolute Gasteiger partial charge is 0.254 e. The minimum atomic E-state index is 0.107. The van der Waals surface area contributed by atoms with Gasteiger partial charge in [-0.3, -0.25) is 9.78 Å². The van der Waals surface area contributed by atoms with Crippen molar-refractivity contribution in [3.8, 4) is 0 Å². The van der Waals surface area contributed by atoms with Crippen LogP contribution in [0.2, 0.25) is 0 Å². The van der Waals surface area contributed by atoms with Crippen LogP contribution in [0, 0.1) is 0 Å². The molecule has 5 heteroatoms. The highest BCUT2D eigenvalue weighted by molar-refractivity contribution is 7.17. The molecule has 26 heavy (non-hydrogen) atoms. The SMILES string of the molecule is O=C(c1ccc2sccc2c1)N(Cc1ccccn1)C1CCCNCC1. The Bertz CT molecular complexity index is 869. The van der Waals surface area contributed by atoms with Gasteiger partial charge >= 0.3 is 0 Å². The molecule has 0 saturated carbocycles. The second kappa shape index (κ2) is 7.98. The van der Waals surface area contributed by atoms with Crippen molar-refractivity contribution >= 4 is 27.3 Å². The van der Waals surface area contributed by atoms with E-state index >= 15 is 0 Å². The third-order valence-corrected chi connectivity index (χ3v) is 5.90. The largest absolute Gasteiger partial charge is 0.330 e. The Kier molecular flexibility index (Phi) is 5.27. The van der Waals surface area contributed by atoms with Gasteiger partial charge in [-0.2, -0.15) is 0 Å². The fourth-order valence-electron chi connectivity index (χ4n) is 3.61. The van der Waals surface area contributed by atoms with Crippen molar-refractivity contribution < 1.29 is 4.79 Å². The lowest BCUT2D eigenvalue weighted by molar-refractivity contribution is 0.0642. The van der Waals surface area contributed by atoms with E-state index in [1.807, 2.05) is 35.2 Å². The summed E-state index contributed by atoms with van der Waals surface area (Å²) in [7, 11) is 0. The molecule has 4 nitrogen and oxygen atoms in total. The summed E-state index contributed by atoms with van der Waals surface area (Å²) < 4.78 is 1.22. The first-order valence-corrected chi connectivity index (χ1v) is 10.1. The number of amides is 1. The summed E-state index contributed by atoms with van der Waals surface area (Å²) in [5.41, 5.74) is 1.71. The number of pyridine rings is 1. The number of carbonyl (C=O) groups is 1. The van der Waals surface area contributed by atoms with Gasteiger partial charge in [0.1, 0.15) is 0 Å². The Labute approximate surface area is 157 Å². The van der Waals surface area contributed by atoms with E-state index in [4.69, 9.17) is 0 Å². The van der Waals surface area contributed by atoms with Gasteiger partial charge in [0.15, 0.2) is 0 Å². The standard InChI is InChI=1S/C21H23N3OS/c25-21(17-6-7-20-16(14-17)9-13-26-20)24(15-18-4-1-2-11-23-18)19-5-3-10-22-12-8-19/h1-2,4,6-7,9,11,13-14,19,22H,3,5,8,10,12,15H2. The van der Waals surface area contributed by atoms with Crippen molar-refractivity contribution in [3.63, 3.8) is 0 Å². The normalized spacial score (nSPS) is 17.8. The maximum atomic E-state index is 13.4. The number of nitrogens with one attached hydrogen (secondary N) is 1. The van der Waals surface area contributed by atoms with Gasteiger partial charge in [-0.15, -0.1) is 11.3 Å². The monoisotopic (exact) mass is 365 g/mol. The second-order valence-electron chi connectivity index (χ2n) is 6.76. The molecule has 1 fully saturated rings. The average molecular weight is 366 g/mol. The van der Waals surface area contributed by atoms with Crippen molar-refractivity contribution in [2.24, 2.45) is 0 Å². The molecule has 2 aromatic heterocycles. The summed E-state index contributed by atoms with van der Waals surface area (Å²) >= 11 is 1.71. The molecule has 1 aliphatic rings. The maximum Gasteiger partial charge on any atom is 0.254 e. The van der Waals surface area contributed by atoms with E-state index in [1.165, 1.54) is 4.70 Å². The van der Waals surface area contributed by atoms with E-state index in [9.17, 15) is 4.79 Å². The number of rotatable bonds is 4. The maximum absolute atomic E-state index is 13.4. The molecule has 1 amide bonds. The van der Waals surface area contributed by atoms with E-state index in [0.717, 1.165) is 49.0 Å². The van der Waals surface area contributed by atoms with Crippen LogP contribution in [-0.2, 0) is 6.54 Å². The molecule has 0 radical (unpaired) electrons. The van der Waals surface area contributed by atoms with E-state index < -0.39 is 0 Å². The van der Waals surface area contributed by atoms with Crippen LogP contribution in [0.1, 0.15) is 35.3 Å². The number of benzene rings is 1. The summed E-state index contributed by atoms with van der Waals surface area (Å²) in [4.78, 5) is 19.9. The number of aromatic nitrogens is 1. The molecule has 1 N–H and O–H groups in total. The molecule has 0 aliphatic carbocycles. The fraction of sp³-hybridized carbons (Fsp3) is 0.333. The fourth-order valence-corrected chi connectivity index (χ4v) is 4.38. The average Bonchev–Trinajstić information content (AvgIpc) is 2.99. The van der Waals surface area contributed by atoms with Crippen molar-refractivity contribution in [1.29, 1.82) is 0 Å². The van der Waals surface area contributed by atoms with Gasteiger partial charge in [-0.05, 0) is 79.5 Å². The number of hydrogen-bond donors (Lipinski definition) is 1. The first-order chi connectivity index (χ1) is 12.8.